The maximum Gasteiger partial charge on any atom is -0.147 e. The minimum absolute atomic E-state index is 0. The minimum Gasteiger partial charge on any atom is -0.147 e. The molecular formula is C22H34Cl2OTi. The molecule has 0 saturated heterocycles. The van der Waals surface area contributed by atoms with E-state index in [1.54, 1.807) is 3.88 Å². The Bertz CT molecular complexity index is 553. The second-order valence-corrected chi connectivity index (χ2v) is 8.45. The predicted molar refractivity (Wildman–Crippen MR) is 114 cm³/mol. The molecule has 0 atom stereocenters. The number of rotatable bonds is 11. The SMILES string of the molecule is CCCCCc1cc(CCCCC)cc([O][Ti][C]2=C(C)C=CC2)c1.Cl.Cl. The van der Waals surface area contributed by atoms with Crippen LogP contribution in [0.25, 0.3) is 0 Å². The molecule has 1 aliphatic rings. The largest absolute Gasteiger partial charge is 0.147 e. The molecule has 0 bridgehead atoms. The third-order valence-corrected chi connectivity index (χ3v) is 6.47. The van der Waals surface area contributed by atoms with Gasteiger partial charge >= 0.3 is 158 Å². The molecule has 4 heteroatoms. The van der Waals surface area contributed by atoms with Gasteiger partial charge in [-0.15, -0.1) is 24.8 Å². The monoisotopic (exact) mass is 432 g/mol. The van der Waals surface area contributed by atoms with Crippen molar-refractivity contribution in [2.24, 2.45) is 0 Å². The topological polar surface area (TPSA) is 9.23 Å². The van der Waals surface area contributed by atoms with Crippen molar-refractivity contribution in [3.63, 3.8) is 0 Å². The Kier molecular flexibility index (Phi) is 14.7. The van der Waals surface area contributed by atoms with Crippen LogP contribution in [0.5, 0.6) is 5.75 Å². The van der Waals surface area contributed by atoms with E-state index in [2.05, 4.69) is 51.1 Å². The predicted octanol–water partition coefficient (Wildman–Crippen LogP) is 7.61. The molecule has 0 unspecified atom stereocenters. The second kappa shape index (κ2) is 14.8. The zero-order chi connectivity index (χ0) is 17.2. The van der Waals surface area contributed by atoms with Gasteiger partial charge in [-0.2, -0.15) is 0 Å². The van der Waals surface area contributed by atoms with Gasteiger partial charge in [0.1, 0.15) is 0 Å². The van der Waals surface area contributed by atoms with Gasteiger partial charge in [0.05, 0.1) is 0 Å². The maximum atomic E-state index is 6.28. The fraction of sp³-hybridized carbons (Fsp3) is 0.545. The van der Waals surface area contributed by atoms with Crippen LogP contribution in [0.3, 0.4) is 0 Å². The molecule has 0 radical (unpaired) electrons. The summed E-state index contributed by atoms with van der Waals surface area (Å²) in [7, 11) is 0. The van der Waals surface area contributed by atoms with Crippen molar-refractivity contribution in [2.75, 3.05) is 0 Å². The summed E-state index contributed by atoms with van der Waals surface area (Å²) in [4.78, 5) is 0. The smallest absolute Gasteiger partial charge is 0.147 e. The van der Waals surface area contributed by atoms with Crippen LogP contribution in [-0.4, -0.2) is 0 Å². The molecule has 0 saturated carbocycles. The molecule has 0 aliphatic heterocycles. The molecular weight excluding hydrogens is 399 g/mol. The number of hydrogen-bond donors (Lipinski definition) is 0. The molecule has 1 aromatic carbocycles. The molecule has 1 nitrogen and oxygen atoms in total. The number of benzene rings is 1. The molecule has 0 spiro atoms. The molecule has 0 heterocycles. The van der Waals surface area contributed by atoms with Crippen molar-refractivity contribution in [3.05, 3.63) is 50.9 Å². The molecule has 0 fully saturated rings. The van der Waals surface area contributed by atoms with Crippen LogP contribution in [-0.2, 0) is 32.4 Å². The van der Waals surface area contributed by atoms with E-state index >= 15 is 0 Å². The van der Waals surface area contributed by atoms with Crippen LogP contribution >= 0.6 is 24.8 Å². The summed E-state index contributed by atoms with van der Waals surface area (Å²) in [5.41, 5.74) is 4.36. The van der Waals surface area contributed by atoms with Gasteiger partial charge in [0.25, 0.3) is 0 Å². The average molecular weight is 433 g/mol. The summed E-state index contributed by atoms with van der Waals surface area (Å²) in [6.45, 7) is 6.75. The van der Waals surface area contributed by atoms with Crippen LogP contribution in [0.15, 0.2) is 39.8 Å². The second-order valence-electron chi connectivity index (χ2n) is 6.87. The van der Waals surface area contributed by atoms with Crippen molar-refractivity contribution in [3.8, 4) is 5.75 Å². The van der Waals surface area contributed by atoms with Gasteiger partial charge in [0.2, 0.25) is 0 Å². The third kappa shape index (κ3) is 9.13. The summed E-state index contributed by atoms with van der Waals surface area (Å²) in [5, 5.41) is 0. The van der Waals surface area contributed by atoms with E-state index in [0.29, 0.717) is 0 Å². The molecule has 1 aromatic rings. The van der Waals surface area contributed by atoms with E-state index in [9.17, 15) is 0 Å². The Balaban J connectivity index is 0.00000312. The van der Waals surface area contributed by atoms with Gasteiger partial charge in [-0.1, -0.05) is 0 Å². The van der Waals surface area contributed by atoms with Crippen LogP contribution < -0.4 is 3.32 Å². The summed E-state index contributed by atoms with van der Waals surface area (Å²) >= 11 is -0.485. The number of allylic oxidation sites excluding steroid dienone is 4. The Hall–Kier alpha value is -0.206. The van der Waals surface area contributed by atoms with E-state index < -0.39 is 19.5 Å². The molecule has 1 aliphatic carbocycles. The summed E-state index contributed by atoms with van der Waals surface area (Å²) < 4.78 is 7.82. The van der Waals surface area contributed by atoms with Gasteiger partial charge in [-0.25, -0.2) is 0 Å². The minimum atomic E-state index is -0.485. The number of unbranched alkanes of at least 4 members (excludes halogenated alkanes) is 4. The first-order chi connectivity index (χ1) is 11.7. The quantitative estimate of drug-likeness (QED) is 0.258. The standard InChI is InChI=1S/C16H26O.C6H7.2ClH.Ti/c1-3-5-7-9-14-11-15(10-8-6-4-2)13-16(17)12-14;1-6-4-2-3-5-6;;;/h11-13,17H,3-10H2,1-2H3;2,4H,3H2,1H3;2*1H;/q;;;;+1/p-1. The first-order valence-electron chi connectivity index (χ1n) is 9.65. The fourth-order valence-corrected chi connectivity index (χ4v) is 4.35. The molecule has 0 amide bonds. The van der Waals surface area contributed by atoms with Crippen LogP contribution in [0.1, 0.15) is 76.8 Å². The normalized spacial score (nSPS) is 12.6. The van der Waals surface area contributed by atoms with Crippen LogP contribution in [0, 0.1) is 0 Å². The van der Waals surface area contributed by atoms with Gasteiger partial charge in [-0.3, -0.25) is 0 Å². The van der Waals surface area contributed by atoms with Gasteiger partial charge in [-0.05, 0) is 0 Å². The molecule has 2 rings (SSSR count). The Morgan fingerprint density at radius 1 is 0.885 bits per heavy atom. The van der Waals surface area contributed by atoms with Gasteiger partial charge in [0.15, 0.2) is 0 Å². The fourth-order valence-electron chi connectivity index (χ4n) is 3.09. The first kappa shape index (κ1) is 25.8. The zero-order valence-corrected chi connectivity index (χ0v) is 19.7. The van der Waals surface area contributed by atoms with E-state index in [-0.39, 0.29) is 24.8 Å². The Morgan fingerprint density at radius 3 is 1.92 bits per heavy atom. The van der Waals surface area contributed by atoms with Gasteiger partial charge < -0.3 is 0 Å². The van der Waals surface area contributed by atoms with E-state index in [0.717, 1.165) is 12.2 Å². The van der Waals surface area contributed by atoms with E-state index in [1.807, 2.05) is 0 Å². The summed E-state index contributed by atoms with van der Waals surface area (Å²) in [5.74, 6) is 1.11. The van der Waals surface area contributed by atoms with Crippen LogP contribution in [0.4, 0.5) is 0 Å². The van der Waals surface area contributed by atoms with E-state index in [1.165, 1.54) is 68.1 Å². The van der Waals surface area contributed by atoms with Crippen molar-refractivity contribution in [1.82, 2.24) is 0 Å². The molecule has 146 valence electrons. The van der Waals surface area contributed by atoms with Gasteiger partial charge in [0, 0.05) is 0 Å². The molecule has 26 heavy (non-hydrogen) atoms. The van der Waals surface area contributed by atoms with Crippen molar-refractivity contribution < 1.29 is 22.9 Å². The third-order valence-electron chi connectivity index (χ3n) is 4.62. The Labute approximate surface area is 182 Å². The van der Waals surface area contributed by atoms with Crippen LogP contribution in [0.2, 0.25) is 0 Å². The van der Waals surface area contributed by atoms with Crippen molar-refractivity contribution in [2.45, 2.75) is 78.6 Å². The number of halogens is 2. The molecule has 0 aromatic heterocycles. The molecule has 0 N–H and O–H groups in total. The Morgan fingerprint density at radius 2 is 1.46 bits per heavy atom. The number of hydrogen-bond acceptors (Lipinski definition) is 1. The maximum absolute atomic E-state index is 6.28. The summed E-state index contributed by atoms with van der Waals surface area (Å²) in [6, 6.07) is 7.00. The van der Waals surface area contributed by atoms with E-state index in [4.69, 9.17) is 3.32 Å². The van der Waals surface area contributed by atoms with Crippen molar-refractivity contribution >= 4 is 24.8 Å². The van der Waals surface area contributed by atoms with Crippen molar-refractivity contribution in [1.29, 1.82) is 0 Å². The zero-order valence-electron chi connectivity index (χ0n) is 16.5. The number of aryl methyl sites for hydroxylation is 2. The first-order valence-corrected chi connectivity index (χ1v) is 11.1. The average Bonchev–Trinajstić information content (AvgIpc) is 2.99. The summed E-state index contributed by atoms with van der Waals surface area (Å²) in [6.07, 6.45) is 15.8.